The summed E-state index contributed by atoms with van der Waals surface area (Å²) >= 11 is 0. The maximum atomic E-state index is 5.78. The van der Waals surface area contributed by atoms with Crippen LogP contribution >= 0.6 is 0 Å². The molecule has 17 heavy (non-hydrogen) atoms. The minimum absolute atomic E-state index is 0.317. The van der Waals surface area contributed by atoms with Crippen LogP contribution in [-0.4, -0.2) is 52.7 Å². The van der Waals surface area contributed by atoms with Gasteiger partial charge in [-0.05, 0) is 19.4 Å². The van der Waals surface area contributed by atoms with Crippen molar-refractivity contribution in [1.82, 2.24) is 5.32 Å². The highest BCUT2D eigenvalue weighted by Crippen LogP contribution is 2.01. The fourth-order valence-electron chi connectivity index (χ4n) is 1.52. The van der Waals surface area contributed by atoms with Crippen LogP contribution in [0.2, 0.25) is 0 Å². The molecule has 104 valence electrons. The van der Waals surface area contributed by atoms with Gasteiger partial charge in [-0.15, -0.1) is 0 Å². The zero-order valence-corrected chi connectivity index (χ0v) is 11.7. The van der Waals surface area contributed by atoms with Crippen molar-refractivity contribution in [3.63, 3.8) is 0 Å². The Morgan fingerprint density at radius 1 is 1.00 bits per heavy atom. The van der Waals surface area contributed by atoms with E-state index in [0.29, 0.717) is 32.5 Å². The topological polar surface area (TPSA) is 39.7 Å². The molecule has 0 rings (SSSR count). The second-order valence-electron chi connectivity index (χ2n) is 4.09. The normalized spacial score (nSPS) is 12.9. The zero-order valence-electron chi connectivity index (χ0n) is 11.7. The molecule has 4 heteroatoms. The summed E-state index contributed by atoms with van der Waals surface area (Å²) in [5.41, 5.74) is 0. The van der Waals surface area contributed by atoms with E-state index >= 15 is 0 Å². The van der Waals surface area contributed by atoms with E-state index in [9.17, 15) is 0 Å². The molecule has 0 heterocycles. The van der Waals surface area contributed by atoms with E-state index < -0.39 is 0 Å². The van der Waals surface area contributed by atoms with Crippen molar-refractivity contribution < 1.29 is 14.2 Å². The molecule has 0 spiro atoms. The summed E-state index contributed by atoms with van der Waals surface area (Å²) in [6.45, 7) is 8.98. The Morgan fingerprint density at radius 3 is 2.41 bits per heavy atom. The molecule has 4 nitrogen and oxygen atoms in total. The second kappa shape index (κ2) is 13.9. The molecule has 1 N–H and O–H groups in total. The van der Waals surface area contributed by atoms with Crippen molar-refractivity contribution in [3.8, 4) is 0 Å². The highest BCUT2D eigenvalue weighted by molar-refractivity contribution is 4.61. The van der Waals surface area contributed by atoms with Crippen molar-refractivity contribution in [2.75, 3.05) is 46.6 Å². The van der Waals surface area contributed by atoms with Gasteiger partial charge in [0.2, 0.25) is 0 Å². The first-order valence-corrected chi connectivity index (χ1v) is 6.74. The van der Waals surface area contributed by atoms with E-state index in [0.717, 1.165) is 25.9 Å². The van der Waals surface area contributed by atoms with E-state index in [2.05, 4.69) is 19.2 Å². The Morgan fingerprint density at radius 2 is 1.76 bits per heavy atom. The van der Waals surface area contributed by atoms with Gasteiger partial charge in [-0.1, -0.05) is 20.3 Å². The number of hydrogen-bond acceptors (Lipinski definition) is 4. The largest absolute Gasteiger partial charge is 0.382 e. The van der Waals surface area contributed by atoms with Crippen LogP contribution < -0.4 is 5.32 Å². The summed E-state index contributed by atoms with van der Waals surface area (Å²) in [6.07, 6.45) is 3.74. The third-order valence-electron chi connectivity index (χ3n) is 2.42. The predicted molar refractivity (Wildman–Crippen MR) is 70.5 cm³/mol. The molecule has 0 aliphatic carbocycles. The van der Waals surface area contributed by atoms with Gasteiger partial charge in [0, 0.05) is 13.7 Å². The molecule has 0 aliphatic heterocycles. The van der Waals surface area contributed by atoms with E-state index in [1.807, 2.05) is 0 Å². The molecule has 1 unspecified atom stereocenters. The molecule has 0 saturated heterocycles. The number of hydrogen-bond donors (Lipinski definition) is 1. The number of rotatable bonds is 13. The maximum Gasteiger partial charge on any atom is 0.0704 e. The maximum absolute atomic E-state index is 5.78. The van der Waals surface area contributed by atoms with Gasteiger partial charge >= 0.3 is 0 Å². The molecule has 0 amide bonds. The van der Waals surface area contributed by atoms with Crippen LogP contribution in [-0.2, 0) is 14.2 Å². The van der Waals surface area contributed by atoms with Gasteiger partial charge in [-0.25, -0.2) is 0 Å². The highest BCUT2D eigenvalue weighted by Gasteiger charge is 2.06. The summed E-state index contributed by atoms with van der Waals surface area (Å²) in [5, 5.41) is 3.40. The SMILES string of the molecule is CCCNCC(CCC)OCCOCCOC. The fraction of sp³-hybridized carbons (Fsp3) is 1.00. The monoisotopic (exact) mass is 247 g/mol. The molecule has 1 atom stereocenters. The molecular weight excluding hydrogens is 218 g/mol. The van der Waals surface area contributed by atoms with Crippen LogP contribution in [0.15, 0.2) is 0 Å². The lowest BCUT2D eigenvalue weighted by atomic mass is 10.2. The Kier molecular flexibility index (Phi) is 13.8. The zero-order chi connectivity index (χ0) is 12.8. The molecular formula is C13H29NO3. The Bertz CT molecular complexity index is 145. The first-order valence-electron chi connectivity index (χ1n) is 6.74. The van der Waals surface area contributed by atoms with Crippen LogP contribution in [0.4, 0.5) is 0 Å². The summed E-state index contributed by atoms with van der Waals surface area (Å²) in [6, 6.07) is 0. The Balaban J connectivity index is 3.41. The highest BCUT2D eigenvalue weighted by atomic mass is 16.5. The molecule has 0 fully saturated rings. The molecule has 0 bridgehead atoms. The lowest BCUT2D eigenvalue weighted by Crippen LogP contribution is -2.30. The van der Waals surface area contributed by atoms with Gasteiger partial charge in [-0.3, -0.25) is 0 Å². The van der Waals surface area contributed by atoms with E-state index in [4.69, 9.17) is 14.2 Å². The van der Waals surface area contributed by atoms with Crippen molar-refractivity contribution in [1.29, 1.82) is 0 Å². The minimum atomic E-state index is 0.317. The van der Waals surface area contributed by atoms with Gasteiger partial charge in [-0.2, -0.15) is 0 Å². The third kappa shape index (κ3) is 12.1. The van der Waals surface area contributed by atoms with Crippen molar-refractivity contribution in [2.45, 2.75) is 39.2 Å². The van der Waals surface area contributed by atoms with Crippen LogP contribution in [0.5, 0.6) is 0 Å². The standard InChI is InChI=1S/C13H29NO3/c1-4-6-13(12-14-7-5-2)17-11-10-16-9-8-15-3/h13-14H,4-12H2,1-3H3. The lowest BCUT2D eigenvalue weighted by Gasteiger charge is -2.17. The average Bonchev–Trinajstić information content (AvgIpc) is 2.34. The summed E-state index contributed by atoms with van der Waals surface area (Å²) < 4.78 is 16.0. The first kappa shape index (κ1) is 16.8. The number of methoxy groups -OCH3 is 1. The van der Waals surface area contributed by atoms with Crippen molar-refractivity contribution >= 4 is 0 Å². The Hall–Kier alpha value is -0.160. The van der Waals surface area contributed by atoms with Gasteiger partial charge in [0.25, 0.3) is 0 Å². The minimum Gasteiger partial charge on any atom is -0.382 e. The fourth-order valence-corrected chi connectivity index (χ4v) is 1.52. The summed E-state index contributed by atoms with van der Waals surface area (Å²) in [7, 11) is 1.68. The second-order valence-corrected chi connectivity index (χ2v) is 4.09. The quantitative estimate of drug-likeness (QED) is 0.504. The van der Waals surface area contributed by atoms with Crippen molar-refractivity contribution in [2.24, 2.45) is 0 Å². The average molecular weight is 247 g/mol. The first-order chi connectivity index (χ1) is 8.35. The molecule has 0 aromatic rings. The number of ether oxygens (including phenoxy) is 3. The van der Waals surface area contributed by atoms with E-state index in [-0.39, 0.29) is 0 Å². The Labute approximate surface area is 106 Å². The van der Waals surface area contributed by atoms with Gasteiger partial charge in [0.1, 0.15) is 0 Å². The molecule has 0 saturated carbocycles. The van der Waals surface area contributed by atoms with Crippen LogP contribution in [0.3, 0.4) is 0 Å². The van der Waals surface area contributed by atoms with Crippen LogP contribution in [0.1, 0.15) is 33.1 Å². The smallest absolute Gasteiger partial charge is 0.0704 e. The predicted octanol–water partition coefficient (Wildman–Crippen LogP) is 1.83. The number of nitrogens with one attached hydrogen (secondary N) is 1. The molecule has 0 aliphatic rings. The molecule has 0 radical (unpaired) electrons. The van der Waals surface area contributed by atoms with Gasteiger partial charge in [0.05, 0.1) is 32.5 Å². The van der Waals surface area contributed by atoms with E-state index in [1.54, 1.807) is 7.11 Å². The summed E-state index contributed by atoms with van der Waals surface area (Å²) in [5.74, 6) is 0. The van der Waals surface area contributed by atoms with Gasteiger partial charge < -0.3 is 19.5 Å². The molecule has 0 aromatic heterocycles. The van der Waals surface area contributed by atoms with Crippen LogP contribution in [0, 0.1) is 0 Å². The summed E-state index contributed by atoms with van der Waals surface area (Å²) in [4.78, 5) is 0. The lowest BCUT2D eigenvalue weighted by molar-refractivity contribution is -0.00861. The van der Waals surface area contributed by atoms with Gasteiger partial charge in [0.15, 0.2) is 0 Å². The van der Waals surface area contributed by atoms with E-state index in [1.165, 1.54) is 6.42 Å². The molecule has 0 aromatic carbocycles. The van der Waals surface area contributed by atoms with Crippen molar-refractivity contribution in [3.05, 3.63) is 0 Å². The van der Waals surface area contributed by atoms with Crippen LogP contribution in [0.25, 0.3) is 0 Å². The third-order valence-corrected chi connectivity index (χ3v) is 2.42.